The molecule has 156 valence electrons. The van der Waals surface area contributed by atoms with Crippen LogP contribution in [0.15, 0.2) is 48.9 Å². The Bertz CT molecular complexity index is 978. The van der Waals surface area contributed by atoms with Crippen molar-refractivity contribution in [3.63, 3.8) is 0 Å². The van der Waals surface area contributed by atoms with E-state index in [9.17, 15) is 4.39 Å². The maximum absolute atomic E-state index is 13.6. The fraction of sp³-hybridized carbons (Fsp3) is 0.318. The molecule has 1 aromatic carbocycles. The minimum atomic E-state index is -0.445. The zero-order valence-electron chi connectivity index (χ0n) is 16.8. The summed E-state index contributed by atoms with van der Waals surface area (Å²) in [7, 11) is 0. The van der Waals surface area contributed by atoms with Crippen LogP contribution in [-0.4, -0.2) is 40.7 Å². The predicted octanol–water partition coefficient (Wildman–Crippen LogP) is 4.03. The molecular weight excluding hydrogens is 385 g/mol. The van der Waals surface area contributed by atoms with Crippen LogP contribution < -0.4 is 20.1 Å². The molecule has 30 heavy (non-hydrogen) atoms. The first kappa shape index (κ1) is 20.0. The standard InChI is InChI=1S/C22H24FN5O2/c1-2-29-18-5-7-19(8-6-18)30-22-20(26-13-17-4-3-9-25-17)14-27-21(28-22)15-10-16(23)12-24-11-15/h5-8,10-12,14,17,25-26H,2-4,9,13H2,1H3/t17-/m0/s1. The Morgan fingerprint density at radius 3 is 2.73 bits per heavy atom. The molecule has 2 N–H and O–H groups in total. The number of aromatic nitrogens is 3. The number of hydrogen-bond acceptors (Lipinski definition) is 7. The van der Waals surface area contributed by atoms with Crippen molar-refractivity contribution in [3.05, 3.63) is 54.7 Å². The minimum Gasteiger partial charge on any atom is -0.494 e. The van der Waals surface area contributed by atoms with E-state index in [2.05, 4.69) is 25.6 Å². The number of ether oxygens (including phenoxy) is 2. The van der Waals surface area contributed by atoms with E-state index >= 15 is 0 Å². The van der Waals surface area contributed by atoms with Gasteiger partial charge >= 0.3 is 0 Å². The van der Waals surface area contributed by atoms with Crippen molar-refractivity contribution >= 4 is 5.69 Å². The average molecular weight is 409 g/mol. The number of pyridine rings is 1. The summed E-state index contributed by atoms with van der Waals surface area (Å²) >= 11 is 0. The smallest absolute Gasteiger partial charge is 0.246 e. The minimum absolute atomic E-state index is 0.340. The summed E-state index contributed by atoms with van der Waals surface area (Å²) in [6, 6.07) is 9.06. The molecule has 0 saturated carbocycles. The normalized spacial score (nSPS) is 15.7. The number of benzene rings is 1. The van der Waals surface area contributed by atoms with Crippen molar-refractivity contribution in [2.75, 3.05) is 25.0 Å². The highest BCUT2D eigenvalue weighted by Gasteiger charge is 2.17. The van der Waals surface area contributed by atoms with Crippen molar-refractivity contribution in [3.8, 4) is 28.8 Å². The van der Waals surface area contributed by atoms with E-state index in [0.29, 0.717) is 41.4 Å². The molecule has 3 heterocycles. The van der Waals surface area contributed by atoms with Crippen LogP contribution in [-0.2, 0) is 0 Å². The Hall–Kier alpha value is -3.26. The third kappa shape index (κ3) is 5.01. The van der Waals surface area contributed by atoms with Gasteiger partial charge < -0.3 is 20.1 Å². The molecule has 7 nitrogen and oxygen atoms in total. The first-order valence-electron chi connectivity index (χ1n) is 10.1. The fourth-order valence-electron chi connectivity index (χ4n) is 3.28. The maximum atomic E-state index is 13.6. The summed E-state index contributed by atoms with van der Waals surface area (Å²) in [6.07, 6.45) is 6.62. The molecule has 4 rings (SSSR count). The van der Waals surface area contributed by atoms with Gasteiger partial charge in [-0.1, -0.05) is 0 Å². The lowest BCUT2D eigenvalue weighted by Crippen LogP contribution is -2.29. The molecule has 0 spiro atoms. The molecule has 0 unspecified atom stereocenters. The second-order valence-corrected chi connectivity index (χ2v) is 6.98. The predicted molar refractivity (Wildman–Crippen MR) is 112 cm³/mol. The van der Waals surface area contributed by atoms with Crippen LogP contribution in [0, 0.1) is 5.82 Å². The summed E-state index contributed by atoms with van der Waals surface area (Å²) < 4.78 is 25.1. The average Bonchev–Trinajstić information content (AvgIpc) is 3.28. The quantitative estimate of drug-likeness (QED) is 0.581. The van der Waals surface area contributed by atoms with Crippen molar-refractivity contribution in [2.45, 2.75) is 25.8 Å². The number of anilines is 1. The number of rotatable bonds is 8. The summed E-state index contributed by atoms with van der Waals surface area (Å²) in [5, 5.41) is 6.82. The molecule has 0 amide bonds. The first-order valence-corrected chi connectivity index (χ1v) is 10.1. The van der Waals surface area contributed by atoms with Gasteiger partial charge in [0.1, 0.15) is 23.0 Å². The van der Waals surface area contributed by atoms with Gasteiger partial charge in [0.15, 0.2) is 5.82 Å². The molecule has 2 aromatic heterocycles. The number of nitrogens with zero attached hydrogens (tertiary/aromatic N) is 3. The van der Waals surface area contributed by atoms with Crippen molar-refractivity contribution in [2.24, 2.45) is 0 Å². The van der Waals surface area contributed by atoms with Gasteiger partial charge in [0.25, 0.3) is 0 Å². The third-order valence-electron chi connectivity index (χ3n) is 4.77. The lowest BCUT2D eigenvalue weighted by atomic mass is 10.2. The zero-order chi connectivity index (χ0) is 20.8. The van der Waals surface area contributed by atoms with Crippen molar-refractivity contribution in [1.82, 2.24) is 20.3 Å². The van der Waals surface area contributed by atoms with Gasteiger partial charge in [-0.3, -0.25) is 4.98 Å². The number of hydrogen-bond donors (Lipinski definition) is 2. The maximum Gasteiger partial charge on any atom is 0.246 e. The lowest BCUT2D eigenvalue weighted by molar-refractivity contribution is 0.339. The highest BCUT2D eigenvalue weighted by molar-refractivity contribution is 5.60. The van der Waals surface area contributed by atoms with Gasteiger partial charge in [-0.05, 0) is 56.6 Å². The molecule has 0 aliphatic carbocycles. The monoisotopic (exact) mass is 409 g/mol. The third-order valence-corrected chi connectivity index (χ3v) is 4.77. The Morgan fingerprint density at radius 2 is 2.00 bits per heavy atom. The van der Waals surface area contributed by atoms with E-state index in [0.717, 1.165) is 31.5 Å². The summed E-state index contributed by atoms with van der Waals surface area (Å²) in [5.74, 6) is 1.64. The topological polar surface area (TPSA) is 81.2 Å². The molecule has 1 atom stereocenters. The lowest BCUT2D eigenvalue weighted by Gasteiger charge is -2.16. The van der Waals surface area contributed by atoms with Crippen LogP contribution >= 0.6 is 0 Å². The molecule has 0 radical (unpaired) electrons. The first-order chi connectivity index (χ1) is 14.7. The molecule has 0 bridgehead atoms. The van der Waals surface area contributed by atoms with Gasteiger partial charge in [0.2, 0.25) is 5.88 Å². The summed E-state index contributed by atoms with van der Waals surface area (Å²) in [6.45, 7) is 4.30. The second kappa shape index (κ2) is 9.49. The molecule has 8 heteroatoms. The fourth-order valence-corrected chi connectivity index (χ4v) is 3.28. The highest BCUT2D eigenvalue weighted by Crippen LogP contribution is 2.30. The van der Waals surface area contributed by atoms with Gasteiger partial charge in [-0.15, -0.1) is 0 Å². The van der Waals surface area contributed by atoms with Crippen molar-refractivity contribution in [1.29, 1.82) is 0 Å². The SMILES string of the molecule is CCOc1ccc(Oc2nc(-c3cncc(F)c3)ncc2NC[C@@H]2CCCN2)cc1. The number of halogens is 1. The molecule has 1 aliphatic rings. The largest absolute Gasteiger partial charge is 0.494 e. The van der Waals surface area contributed by atoms with Crippen molar-refractivity contribution < 1.29 is 13.9 Å². The van der Waals surface area contributed by atoms with E-state index in [4.69, 9.17) is 9.47 Å². The van der Waals surface area contributed by atoms with Gasteiger partial charge in [0.05, 0.1) is 19.0 Å². The molecule has 1 fully saturated rings. The molecular formula is C22H24FN5O2. The highest BCUT2D eigenvalue weighted by atomic mass is 19.1. The van der Waals surface area contributed by atoms with Gasteiger partial charge in [-0.2, -0.15) is 4.98 Å². The van der Waals surface area contributed by atoms with Gasteiger partial charge in [0, 0.05) is 24.3 Å². The van der Waals surface area contributed by atoms with E-state index in [1.165, 1.54) is 18.7 Å². The van der Waals surface area contributed by atoms with Gasteiger partial charge in [-0.25, -0.2) is 9.37 Å². The molecule has 1 aliphatic heterocycles. The van der Waals surface area contributed by atoms with E-state index in [-0.39, 0.29) is 0 Å². The summed E-state index contributed by atoms with van der Waals surface area (Å²) in [4.78, 5) is 12.8. The van der Waals surface area contributed by atoms with E-state index in [1.807, 2.05) is 31.2 Å². The van der Waals surface area contributed by atoms with E-state index in [1.54, 1.807) is 6.20 Å². The second-order valence-electron chi connectivity index (χ2n) is 6.98. The molecule has 3 aromatic rings. The summed E-state index contributed by atoms with van der Waals surface area (Å²) in [5.41, 5.74) is 1.15. The van der Waals surface area contributed by atoms with Crippen LogP contribution in [0.2, 0.25) is 0 Å². The molecule has 1 saturated heterocycles. The Kier molecular flexibility index (Phi) is 6.34. The zero-order valence-corrected chi connectivity index (χ0v) is 16.8. The van der Waals surface area contributed by atoms with Crippen LogP contribution in [0.3, 0.4) is 0 Å². The Labute approximate surface area is 174 Å². The van der Waals surface area contributed by atoms with Crippen LogP contribution in [0.25, 0.3) is 11.4 Å². The van der Waals surface area contributed by atoms with Crippen LogP contribution in [0.1, 0.15) is 19.8 Å². The number of nitrogens with one attached hydrogen (secondary N) is 2. The van der Waals surface area contributed by atoms with Crippen LogP contribution in [0.4, 0.5) is 10.1 Å². The Morgan fingerprint density at radius 1 is 1.17 bits per heavy atom. The Balaban J connectivity index is 1.59. The van der Waals surface area contributed by atoms with Crippen LogP contribution in [0.5, 0.6) is 17.4 Å². The van der Waals surface area contributed by atoms with E-state index < -0.39 is 5.82 Å².